The predicted octanol–water partition coefficient (Wildman–Crippen LogP) is 3.28. The summed E-state index contributed by atoms with van der Waals surface area (Å²) in [6.07, 6.45) is -0.243. The van der Waals surface area contributed by atoms with Gasteiger partial charge in [-0.2, -0.15) is 5.26 Å². The van der Waals surface area contributed by atoms with E-state index in [1.165, 1.54) is 25.3 Å². The summed E-state index contributed by atoms with van der Waals surface area (Å²) >= 11 is 0.992. The first-order valence-corrected chi connectivity index (χ1v) is 11.5. The van der Waals surface area contributed by atoms with Crippen molar-refractivity contribution in [1.82, 2.24) is 4.90 Å². The highest BCUT2D eigenvalue weighted by Gasteiger charge is 2.48. The van der Waals surface area contributed by atoms with Crippen molar-refractivity contribution in [3.63, 3.8) is 0 Å². The number of benzene rings is 2. The van der Waals surface area contributed by atoms with Crippen molar-refractivity contribution in [2.75, 3.05) is 12.4 Å². The van der Waals surface area contributed by atoms with Gasteiger partial charge in [0.2, 0.25) is 5.91 Å². The zero-order chi connectivity index (χ0) is 25.3. The molecule has 0 radical (unpaired) electrons. The van der Waals surface area contributed by atoms with Gasteiger partial charge in [-0.3, -0.25) is 19.3 Å². The lowest BCUT2D eigenvalue weighted by Crippen LogP contribution is -2.39. The van der Waals surface area contributed by atoms with E-state index in [0.29, 0.717) is 11.3 Å². The van der Waals surface area contributed by atoms with Crippen molar-refractivity contribution in [3.8, 4) is 6.07 Å². The van der Waals surface area contributed by atoms with Crippen molar-refractivity contribution in [3.05, 3.63) is 87.5 Å². The smallest absolute Gasteiger partial charge is 0.307 e. The lowest BCUT2D eigenvalue weighted by molar-refractivity contribution is -0.142. The number of allylic oxidation sites excluding steroid dienone is 1. The second kappa shape index (κ2) is 9.64. The van der Waals surface area contributed by atoms with Gasteiger partial charge < -0.3 is 15.8 Å². The third kappa shape index (κ3) is 4.50. The van der Waals surface area contributed by atoms with E-state index in [1.807, 2.05) is 19.1 Å². The number of ether oxygens (including phenoxy) is 1. The van der Waals surface area contributed by atoms with Crippen LogP contribution in [0.1, 0.15) is 23.5 Å². The number of nitrogens with one attached hydrogen (secondary N) is 1. The number of methoxy groups -OCH3 is 1. The highest BCUT2D eigenvalue weighted by molar-refractivity contribution is 8.04. The molecule has 1 saturated heterocycles. The number of hydrogen-bond acceptors (Lipinski definition) is 7. The number of halogens is 1. The van der Waals surface area contributed by atoms with Crippen LogP contribution in [-0.2, 0) is 19.1 Å². The number of aryl methyl sites for hydroxylation is 1. The molecule has 8 nitrogen and oxygen atoms in total. The van der Waals surface area contributed by atoms with E-state index < -0.39 is 34.8 Å². The molecule has 2 heterocycles. The van der Waals surface area contributed by atoms with Crippen LogP contribution < -0.4 is 11.1 Å². The van der Waals surface area contributed by atoms with Gasteiger partial charge in [-0.1, -0.05) is 36.0 Å². The van der Waals surface area contributed by atoms with E-state index in [9.17, 15) is 24.0 Å². The number of nitriles is 1. The van der Waals surface area contributed by atoms with Crippen molar-refractivity contribution >= 4 is 35.2 Å². The number of rotatable bonds is 5. The van der Waals surface area contributed by atoms with Gasteiger partial charge in [0.05, 0.1) is 41.7 Å². The Morgan fingerprint density at radius 3 is 2.66 bits per heavy atom. The Balaban J connectivity index is 1.88. The molecule has 2 aliphatic heterocycles. The Hall–Kier alpha value is -4.10. The maximum atomic E-state index is 14.2. The van der Waals surface area contributed by atoms with E-state index in [-0.39, 0.29) is 28.4 Å². The summed E-state index contributed by atoms with van der Waals surface area (Å²) in [7, 11) is 1.21. The van der Waals surface area contributed by atoms with Crippen molar-refractivity contribution in [2.24, 2.45) is 5.73 Å². The average molecular weight is 493 g/mol. The molecule has 0 bridgehead atoms. The molecule has 1 fully saturated rings. The Labute approximate surface area is 205 Å². The number of nitrogens with zero attached hydrogens (tertiary/aromatic N) is 2. The number of hydrogen-bond donors (Lipinski definition) is 2. The number of carbonyl (C=O) groups is 3. The summed E-state index contributed by atoms with van der Waals surface area (Å²) < 4.78 is 18.9. The fourth-order valence-electron chi connectivity index (χ4n) is 4.08. The standard InChI is InChI=1S/C25H21FN4O4S/c1-13-5-3-8-16(9-13)29-23(32)21-20(14-6-4-7-15(26)10-14)17(12-27)22(28)30-24(33)18(35-25(21)30)11-19(31)34-2/h3-10,18,20H,11,28H2,1-2H3,(H,29,32). The van der Waals surface area contributed by atoms with E-state index >= 15 is 0 Å². The van der Waals surface area contributed by atoms with Gasteiger partial charge in [0.1, 0.15) is 16.9 Å². The molecule has 3 N–H and O–H groups in total. The van der Waals surface area contributed by atoms with Crippen molar-refractivity contribution in [1.29, 1.82) is 5.26 Å². The van der Waals surface area contributed by atoms with Crippen LogP contribution in [0.25, 0.3) is 0 Å². The van der Waals surface area contributed by atoms with Crippen molar-refractivity contribution < 1.29 is 23.5 Å². The lowest BCUT2D eigenvalue weighted by Gasteiger charge is -2.32. The number of thioether (sulfide) groups is 1. The highest BCUT2D eigenvalue weighted by atomic mass is 32.2. The van der Waals surface area contributed by atoms with Crippen LogP contribution in [-0.4, -0.2) is 35.0 Å². The molecule has 2 unspecified atom stereocenters. The molecule has 0 aliphatic carbocycles. The monoisotopic (exact) mass is 492 g/mol. The second-order valence-electron chi connectivity index (χ2n) is 8.00. The van der Waals surface area contributed by atoms with E-state index in [0.717, 1.165) is 22.2 Å². The molecule has 0 saturated carbocycles. The number of amides is 2. The predicted molar refractivity (Wildman–Crippen MR) is 128 cm³/mol. The molecule has 2 amide bonds. The van der Waals surface area contributed by atoms with Crippen LogP contribution in [0.3, 0.4) is 0 Å². The summed E-state index contributed by atoms with van der Waals surface area (Å²) in [4.78, 5) is 39.8. The maximum absolute atomic E-state index is 14.2. The number of carbonyl (C=O) groups excluding carboxylic acids is 3. The molecular formula is C25H21FN4O4S. The molecule has 2 aliphatic rings. The van der Waals surface area contributed by atoms with E-state index in [1.54, 1.807) is 24.3 Å². The number of anilines is 1. The van der Waals surface area contributed by atoms with Gasteiger partial charge >= 0.3 is 5.97 Å². The molecule has 2 aromatic carbocycles. The van der Waals surface area contributed by atoms with Crippen LogP contribution in [0.2, 0.25) is 0 Å². The molecule has 35 heavy (non-hydrogen) atoms. The van der Waals surface area contributed by atoms with Crippen LogP contribution in [0.5, 0.6) is 0 Å². The molecule has 0 aromatic heterocycles. The maximum Gasteiger partial charge on any atom is 0.307 e. The van der Waals surface area contributed by atoms with Gasteiger partial charge in [0, 0.05) is 5.69 Å². The zero-order valence-electron chi connectivity index (χ0n) is 18.9. The zero-order valence-corrected chi connectivity index (χ0v) is 19.7. The topological polar surface area (TPSA) is 126 Å². The fourth-order valence-corrected chi connectivity index (χ4v) is 5.41. The average Bonchev–Trinajstić information content (AvgIpc) is 3.14. The molecule has 2 atom stereocenters. The fraction of sp³-hybridized carbons (Fsp3) is 0.200. The van der Waals surface area contributed by atoms with Gasteiger partial charge in [-0.15, -0.1) is 0 Å². The summed E-state index contributed by atoms with van der Waals surface area (Å²) in [6, 6.07) is 14.6. The Kier molecular flexibility index (Phi) is 6.62. The quantitative estimate of drug-likeness (QED) is 0.614. The summed E-state index contributed by atoms with van der Waals surface area (Å²) in [6.45, 7) is 1.87. The first kappa shape index (κ1) is 24.0. The van der Waals surface area contributed by atoms with Gasteiger partial charge in [-0.25, -0.2) is 4.39 Å². The van der Waals surface area contributed by atoms with Crippen LogP contribution >= 0.6 is 11.8 Å². The Bertz CT molecular complexity index is 1350. The molecule has 178 valence electrons. The van der Waals surface area contributed by atoms with Crippen molar-refractivity contribution in [2.45, 2.75) is 24.5 Å². The van der Waals surface area contributed by atoms with Gasteiger partial charge in [-0.05, 0) is 42.3 Å². The minimum absolute atomic E-state index is 0.0635. The molecular weight excluding hydrogens is 471 g/mol. The van der Waals surface area contributed by atoms with Crippen LogP contribution in [0.15, 0.2) is 70.5 Å². The van der Waals surface area contributed by atoms with E-state index in [2.05, 4.69) is 5.32 Å². The largest absolute Gasteiger partial charge is 0.469 e. The van der Waals surface area contributed by atoms with Crippen LogP contribution in [0.4, 0.5) is 10.1 Å². The lowest BCUT2D eigenvalue weighted by atomic mass is 9.82. The first-order chi connectivity index (χ1) is 16.7. The summed E-state index contributed by atoms with van der Waals surface area (Å²) in [5.74, 6) is -3.46. The SMILES string of the molecule is COC(=O)CC1SC2=C(C(=O)Nc3cccc(C)c3)C(c3cccc(F)c3)C(C#N)=C(N)N2C1=O. The minimum Gasteiger partial charge on any atom is -0.469 e. The van der Waals surface area contributed by atoms with E-state index in [4.69, 9.17) is 10.5 Å². The number of esters is 1. The minimum atomic E-state index is -1.02. The number of nitrogens with two attached hydrogens (primary N) is 1. The molecule has 2 aromatic rings. The highest BCUT2D eigenvalue weighted by Crippen LogP contribution is 2.50. The van der Waals surface area contributed by atoms with Gasteiger partial charge in [0.25, 0.3) is 5.91 Å². The normalized spacial score (nSPS) is 19.4. The Morgan fingerprint density at radius 1 is 1.26 bits per heavy atom. The second-order valence-corrected chi connectivity index (χ2v) is 9.19. The van der Waals surface area contributed by atoms with Gasteiger partial charge in [0.15, 0.2) is 0 Å². The first-order valence-electron chi connectivity index (χ1n) is 10.6. The molecule has 0 spiro atoms. The number of fused-ring (bicyclic) bond motifs is 1. The van der Waals surface area contributed by atoms with Crippen LogP contribution in [0, 0.1) is 24.1 Å². The Morgan fingerprint density at radius 2 is 2.00 bits per heavy atom. The molecule has 4 rings (SSSR count). The third-order valence-corrected chi connectivity index (χ3v) is 6.96. The summed E-state index contributed by atoms with van der Waals surface area (Å²) in [5.41, 5.74) is 8.01. The third-order valence-electron chi connectivity index (χ3n) is 5.68. The summed E-state index contributed by atoms with van der Waals surface area (Å²) in [5, 5.41) is 12.1. The molecule has 10 heteroatoms.